The van der Waals surface area contributed by atoms with Crippen LogP contribution in [0.15, 0.2) is 41.8 Å². The number of rotatable bonds is 4. The zero-order valence-corrected chi connectivity index (χ0v) is 16.3. The van der Waals surface area contributed by atoms with Crippen LogP contribution in [-0.4, -0.2) is 38.7 Å². The Morgan fingerprint density at radius 1 is 1.19 bits per heavy atom. The minimum Gasteiger partial charge on any atom is -0.339 e. The highest BCUT2D eigenvalue weighted by molar-refractivity contribution is 7.99. The third kappa shape index (κ3) is 3.54. The maximum Gasteiger partial charge on any atom is 0.233 e. The monoisotopic (exact) mass is 369 g/mol. The van der Waals surface area contributed by atoms with Gasteiger partial charge in [-0.2, -0.15) is 0 Å². The smallest absolute Gasteiger partial charge is 0.233 e. The standard InChI is InChI=1S/C21H27N3OS/c1-16-7-2-4-10-18(16)24-14-12-22-21(24)26-15-20(25)23-13-6-9-17-8-3-5-11-19(17)23/h2,4,7,10,12,14,17,19H,3,5-6,8-9,11,13,15H2,1H3. The van der Waals surface area contributed by atoms with Crippen molar-refractivity contribution in [3.05, 3.63) is 42.2 Å². The molecular weight excluding hydrogens is 342 g/mol. The molecule has 0 N–H and O–H groups in total. The van der Waals surface area contributed by atoms with Gasteiger partial charge in [-0.25, -0.2) is 4.98 Å². The summed E-state index contributed by atoms with van der Waals surface area (Å²) >= 11 is 1.56. The van der Waals surface area contributed by atoms with Gasteiger partial charge in [0.1, 0.15) is 0 Å². The zero-order valence-electron chi connectivity index (χ0n) is 15.4. The molecule has 2 heterocycles. The van der Waals surface area contributed by atoms with Gasteiger partial charge in [-0.3, -0.25) is 9.36 Å². The van der Waals surface area contributed by atoms with Gasteiger partial charge in [-0.05, 0) is 50.2 Å². The van der Waals surface area contributed by atoms with Crippen LogP contribution in [0.5, 0.6) is 0 Å². The fourth-order valence-electron chi connectivity index (χ4n) is 4.56. The molecule has 2 fully saturated rings. The van der Waals surface area contributed by atoms with Crippen molar-refractivity contribution in [2.75, 3.05) is 12.3 Å². The summed E-state index contributed by atoms with van der Waals surface area (Å²) in [7, 11) is 0. The highest BCUT2D eigenvalue weighted by atomic mass is 32.2. The van der Waals surface area contributed by atoms with Crippen LogP contribution >= 0.6 is 11.8 Å². The molecule has 1 saturated heterocycles. The summed E-state index contributed by atoms with van der Waals surface area (Å²) in [6.45, 7) is 3.04. The van der Waals surface area contributed by atoms with Crippen LogP contribution < -0.4 is 0 Å². The Morgan fingerprint density at radius 2 is 2.00 bits per heavy atom. The van der Waals surface area contributed by atoms with Gasteiger partial charge in [0.15, 0.2) is 5.16 Å². The van der Waals surface area contributed by atoms with Crippen LogP contribution in [0, 0.1) is 12.8 Å². The van der Waals surface area contributed by atoms with E-state index in [2.05, 4.69) is 33.5 Å². The number of aryl methyl sites for hydroxylation is 1. The van der Waals surface area contributed by atoms with Gasteiger partial charge >= 0.3 is 0 Å². The van der Waals surface area contributed by atoms with Crippen molar-refractivity contribution >= 4 is 17.7 Å². The lowest BCUT2D eigenvalue weighted by Crippen LogP contribution is -2.50. The number of thioether (sulfide) groups is 1. The number of imidazole rings is 1. The summed E-state index contributed by atoms with van der Waals surface area (Å²) in [5.74, 6) is 1.50. The van der Waals surface area contributed by atoms with Gasteiger partial charge in [-0.1, -0.05) is 42.8 Å². The Bertz CT molecular complexity index is 770. The van der Waals surface area contributed by atoms with Crippen LogP contribution in [-0.2, 0) is 4.79 Å². The molecule has 1 aromatic heterocycles. The molecule has 138 valence electrons. The number of carbonyl (C=O) groups excluding carboxylic acids is 1. The number of amides is 1. The van der Waals surface area contributed by atoms with E-state index in [1.165, 1.54) is 37.7 Å². The molecule has 26 heavy (non-hydrogen) atoms. The summed E-state index contributed by atoms with van der Waals surface area (Å²) in [6, 6.07) is 8.77. The first-order chi connectivity index (χ1) is 12.7. The lowest BCUT2D eigenvalue weighted by atomic mass is 9.78. The number of para-hydroxylation sites is 1. The van der Waals surface area contributed by atoms with E-state index in [1.54, 1.807) is 11.8 Å². The molecule has 0 bridgehead atoms. The predicted molar refractivity (Wildman–Crippen MR) is 106 cm³/mol. The molecule has 0 spiro atoms. The second-order valence-corrected chi connectivity index (χ2v) is 8.44. The highest BCUT2D eigenvalue weighted by Crippen LogP contribution is 2.35. The Labute approximate surface area is 160 Å². The van der Waals surface area contributed by atoms with Crippen molar-refractivity contribution in [3.8, 4) is 5.69 Å². The molecule has 1 saturated carbocycles. The van der Waals surface area contributed by atoms with E-state index < -0.39 is 0 Å². The number of nitrogens with zero attached hydrogens (tertiary/aromatic N) is 3. The first-order valence-electron chi connectivity index (χ1n) is 9.75. The second-order valence-electron chi connectivity index (χ2n) is 7.50. The maximum atomic E-state index is 12.9. The third-order valence-electron chi connectivity index (χ3n) is 5.87. The summed E-state index contributed by atoms with van der Waals surface area (Å²) < 4.78 is 2.09. The van der Waals surface area contributed by atoms with Gasteiger partial charge in [0.25, 0.3) is 0 Å². The summed E-state index contributed by atoms with van der Waals surface area (Å²) in [5, 5.41) is 0.893. The highest BCUT2D eigenvalue weighted by Gasteiger charge is 2.35. The number of fused-ring (bicyclic) bond motifs is 1. The quantitative estimate of drug-likeness (QED) is 0.747. The van der Waals surface area contributed by atoms with Crippen LogP contribution in [0.25, 0.3) is 5.69 Å². The van der Waals surface area contributed by atoms with E-state index in [0.29, 0.717) is 11.8 Å². The lowest BCUT2D eigenvalue weighted by Gasteiger charge is -2.44. The van der Waals surface area contributed by atoms with Crippen molar-refractivity contribution in [2.45, 2.75) is 56.6 Å². The zero-order chi connectivity index (χ0) is 17.9. The first kappa shape index (κ1) is 17.7. The normalized spacial score (nSPS) is 22.9. The number of benzene rings is 1. The molecule has 2 atom stereocenters. The molecule has 1 aliphatic heterocycles. The average Bonchev–Trinajstić information content (AvgIpc) is 3.14. The minimum absolute atomic E-state index is 0.283. The molecule has 2 unspecified atom stereocenters. The molecule has 1 amide bonds. The van der Waals surface area contributed by atoms with Crippen LogP contribution in [0.2, 0.25) is 0 Å². The number of piperidine rings is 1. The van der Waals surface area contributed by atoms with Gasteiger partial charge in [0.2, 0.25) is 5.91 Å². The SMILES string of the molecule is Cc1ccccc1-n1ccnc1SCC(=O)N1CCCC2CCCCC21. The van der Waals surface area contributed by atoms with E-state index in [4.69, 9.17) is 0 Å². The van der Waals surface area contributed by atoms with E-state index in [1.807, 2.05) is 24.5 Å². The van der Waals surface area contributed by atoms with Gasteiger partial charge in [-0.15, -0.1) is 0 Å². The van der Waals surface area contributed by atoms with Crippen molar-refractivity contribution in [2.24, 2.45) is 5.92 Å². The van der Waals surface area contributed by atoms with Crippen molar-refractivity contribution in [1.82, 2.24) is 14.5 Å². The second kappa shape index (κ2) is 7.87. The number of hydrogen-bond donors (Lipinski definition) is 0. The Hall–Kier alpha value is -1.75. The fraction of sp³-hybridized carbons (Fsp3) is 0.524. The van der Waals surface area contributed by atoms with Crippen molar-refractivity contribution in [1.29, 1.82) is 0 Å². The van der Waals surface area contributed by atoms with Gasteiger partial charge in [0, 0.05) is 25.0 Å². The largest absolute Gasteiger partial charge is 0.339 e. The number of carbonyl (C=O) groups is 1. The summed E-state index contributed by atoms with van der Waals surface area (Å²) in [6.07, 6.45) is 11.4. The van der Waals surface area contributed by atoms with Gasteiger partial charge in [0.05, 0.1) is 11.4 Å². The van der Waals surface area contributed by atoms with Crippen molar-refractivity contribution < 1.29 is 4.79 Å². The Morgan fingerprint density at radius 3 is 2.88 bits per heavy atom. The Balaban J connectivity index is 1.44. The molecule has 1 aromatic carbocycles. The molecule has 1 aliphatic carbocycles. The molecule has 2 aromatic rings. The number of hydrogen-bond acceptors (Lipinski definition) is 3. The molecule has 0 radical (unpaired) electrons. The number of likely N-dealkylation sites (tertiary alicyclic amines) is 1. The molecule has 2 aliphatic rings. The van der Waals surface area contributed by atoms with Gasteiger partial charge < -0.3 is 4.90 Å². The Kier molecular flexibility index (Phi) is 5.34. The van der Waals surface area contributed by atoms with Crippen LogP contribution in [0.1, 0.15) is 44.1 Å². The van der Waals surface area contributed by atoms with E-state index in [0.717, 1.165) is 29.7 Å². The summed E-state index contributed by atoms with van der Waals surface area (Å²) in [5.41, 5.74) is 2.34. The van der Waals surface area contributed by atoms with E-state index in [9.17, 15) is 4.79 Å². The molecule has 4 nitrogen and oxygen atoms in total. The topological polar surface area (TPSA) is 38.1 Å². The summed E-state index contributed by atoms with van der Waals surface area (Å²) in [4.78, 5) is 19.6. The molecule has 5 heteroatoms. The van der Waals surface area contributed by atoms with E-state index >= 15 is 0 Å². The third-order valence-corrected chi connectivity index (χ3v) is 6.82. The maximum absolute atomic E-state index is 12.9. The predicted octanol–water partition coefficient (Wildman–Crippen LogP) is 4.45. The van der Waals surface area contributed by atoms with E-state index in [-0.39, 0.29) is 5.91 Å². The molecule has 4 rings (SSSR count). The van der Waals surface area contributed by atoms with Crippen LogP contribution in [0.3, 0.4) is 0 Å². The fourth-order valence-corrected chi connectivity index (χ4v) is 5.41. The van der Waals surface area contributed by atoms with Crippen molar-refractivity contribution in [3.63, 3.8) is 0 Å². The number of aromatic nitrogens is 2. The minimum atomic E-state index is 0.283. The molecular formula is C21H27N3OS. The van der Waals surface area contributed by atoms with Crippen LogP contribution in [0.4, 0.5) is 0 Å². The average molecular weight is 370 g/mol. The first-order valence-corrected chi connectivity index (χ1v) is 10.7. The lowest BCUT2D eigenvalue weighted by molar-refractivity contribution is -0.134.